The van der Waals surface area contributed by atoms with Crippen LogP contribution in [0.25, 0.3) is 11.2 Å². The molecule has 8 nitrogen and oxygen atoms in total. The Kier molecular flexibility index (Phi) is 1.91. The van der Waals surface area contributed by atoms with Gasteiger partial charge in [-0.1, -0.05) is 0 Å². The quantitative estimate of drug-likeness (QED) is 0.591. The Bertz CT molecular complexity index is 615. The van der Waals surface area contributed by atoms with Crippen LogP contribution >= 0.6 is 0 Å². The zero-order valence-corrected chi connectivity index (χ0v) is 9.28. The van der Waals surface area contributed by atoms with Crippen LogP contribution in [0.5, 0.6) is 0 Å². The molecule has 0 unspecified atom stereocenters. The van der Waals surface area contributed by atoms with Crippen molar-refractivity contribution in [3.63, 3.8) is 0 Å². The second kappa shape index (κ2) is 3.37. The Morgan fingerprint density at radius 3 is 3.00 bits per heavy atom. The molecule has 94 valence electrons. The number of aliphatic hydroxyl groups is 1. The van der Waals surface area contributed by atoms with Crippen molar-refractivity contribution in [2.24, 2.45) is 0 Å². The number of fused-ring (bicyclic) bond motifs is 2. The standard InChI is InChI=1S/C10H11N5O3/c11-8-4-9(13-2-12-4)15-10(14-8)7-6-5(18-6)3(1-16)17-7/h2-3,5-7,16H,1H2,(H3,11,12,13,14,15)/t3-,5+,6+,7-/m1/s1. The fourth-order valence-electron chi connectivity index (χ4n) is 2.38. The summed E-state index contributed by atoms with van der Waals surface area (Å²) in [6.07, 6.45) is 0.690. The number of nitrogen functional groups attached to an aromatic ring is 1. The molecule has 2 aromatic rings. The van der Waals surface area contributed by atoms with Gasteiger partial charge >= 0.3 is 0 Å². The highest BCUT2D eigenvalue weighted by Crippen LogP contribution is 2.46. The first kappa shape index (κ1) is 10.2. The summed E-state index contributed by atoms with van der Waals surface area (Å²) in [6, 6.07) is 0. The van der Waals surface area contributed by atoms with E-state index in [1.165, 1.54) is 6.33 Å². The van der Waals surface area contributed by atoms with E-state index >= 15 is 0 Å². The molecule has 0 radical (unpaired) electrons. The molecule has 0 aliphatic carbocycles. The van der Waals surface area contributed by atoms with Gasteiger partial charge in [0.15, 0.2) is 17.3 Å². The lowest BCUT2D eigenvalue weighted by molar-refractivity contribution is -0.0562. The van der Waals surface area contributed by atoms with Gasteiger partial charge in [0.05, 0.1) is 12.9 Å². The minimum atomic E-state index is -0.379. The summed E-state index contributed by atoms with van der Waals surface area (Å²) in [5.41, 5.74) is 6.95. The van der Waals surface area contributed by atoms with Crippen LogP contribution in [0.4, 0.5) is 5.82 Å². The van der Waals surface area contributed by atoms with Crippen LogP contribution in [-0.4, -0.2) is 50.0 Å². The van der Waals surface area contributed by atoms with Gasteiger partial charge in [-0.2, -0.15) is 0 Å². The number of hydrogen-bond acceptors (Lipinski definition) is 7. The number of nitrogens with one attached hydrogen (secondary N) is 1. The van der Waals surface area contributed by atoms with Crippen molar-refractivity contribution in [1.29, 1.82) is 0 Å². The second-order valence-electron chi connectivity index (χ2n) is 4.41. The highest BCUT2D eigenvalue weighted by Gasteiger charge is 2.59. The van der Waals surface area contributed by atoms with Gasteiger partial charge < -0.3 is 25.3 Å². The molecule has 2 saturated heterocycles. The predicted octanol–water partition coefficient (Wildman–Crippen LogP) is -0.865. The van der Waals surface area contributed by atoms with Crippen molar-refractivity contribution < 1.29 is 14.6 Å². The number of hydrogen-bond donors (Lipinski definition) is 3. The van der Waals surface area contributed by atoms with Gasteiger partial charge in [0.2, 0.25) is 0 Å². The summed E-state index contributed by atoms with van der Waals surface area (Å²) in [6.45, 7) is -0.0716. The third-order valence-corrected chi connectivity index (χ3v) is 3.31. The minimum Gasteiger partial charge on any atom is -0.394 e. The second-order valence-corrected chi connectivity index (χ2v) is 4.41. The Morgan fingerprint density at radius 1 is 1.33 bits per heavy atom. The lowest BCUT2D eigenvalue weighted by Crippen LogP contribution is -2.20. The molecule has 2 aliphatic heterocycles. The minimum absolute atomic E-state index is 0.0558. The first-order valence-electron chi connectivity index (χ1n) is 5.66. The fourth-order valence-corrected chi connectivity index (χ4v) is 2.38. The predicted molar refractivity (Wildman–Crippen MR) is 59.5 cm³/mol. The fraction of sp³-hybridized carbons (Fsp3) is 0.500. The zero-order chi connectivity index (χ0) is 12.3. The third-order valence-electron chi connectivity index (χ3n) is 3.31. The molecule has 0 aromatic carbocycles. The number of aromatic nitrogens is 4. The number of imidazole rings is 1. The molecule has 4 atom stereocenters. The summed E-state index contributed by atoms with van der Waals surface area (Å²) in [7, 11) is 0. The van der Waals surface area contributed by atoms with Crippen molar-refractivity contribution in [1.82, 2.24) is 19.9 Å². The molecule has 4 N–H and O–H groups in total. The molecule has 2 aromatic heterocycles. The van der Waals surface area contributed by atoms with Crippen LogP contribution < -0.4 is 5.73 Å². The van der Waals surface area contributed by atoms with Crippen LogP contribution in [-0.2, 0) is 9.47 Å². The van der Waals surface area contributed by atoms with E-state index in [0.717, 1.165) is 0 Å². The number of nitrogens with two attached hydrogens (primary N) is 1. The molecule has 4 rings (SSSR count). The van der Waals surface area contributed by atoms with Crippen LogP contribution in [0.2, 0.25) is 0 Å². The highest BCUT2D eigenvalue weighted by molar-refractivity contribution is 5.80. The van der Waals surface area contributed by atoms with E-state index in [2.05, 4.69) is 19.9 Å². The van der Waals surface area contributed by atoms with Crippen molar-refractivity contribution in [3.05, 3.63) is 12.2 Å². The topological polar surface area (TPSA) is 122 Å². The molecule has 4 heterocycles. The Morgan fingerprint density at radius 2 is 2.22 bits per heavy atom. The lowest BCUT2D eigenvalue weighted by atomic mass is 10.2. The van der Waals surface area contributed by atoms with Crippen LogP contribution in [0, 0.1) is 0 Å². The molecule has 0 bridgehead atoms. The average Bonchev–Trinajstić information content (AvgIpc) is 2.87. The number of ether oxygens (including phenoxy) is 2. The van der Waals surface area contributed by atoms with E-state index in [1.54, 1.807) is 0 Å². The van der Waals surface area contributed by atoms with Crippen LogP contribution in [0.15, 0.2) is 6.33 Å². The van der Waals surface area contributed by atoms with E-state index < -0.39 is 0 Å². The van der Waals surface area contributed by atoms with E-state index in [9.17, 15) is 0 Å². The summed E-state index contributed by atoms with van der Waals surface area (Å²) in [5, 5.41) is 9.13. The molecule has 18 heavy (non-hydrogen) atoms. The largest absolute Gasteiger partial charge is 0.394 e. The molecular weight excluding hydrogens is 238 g/mol. The number of aromatic amines is 1. The maximum atomic E-state index is 9.13. The maximum Gasteiger partial charge on any atom is 0.183 e. The summed E-state index contributed by atoms with van der Waals surface area (Å²) in [4.78, 5) is 15.4. The molecule has 0 amide bonds. The summed E-state index contributed by atoms with van der Waals surface area (Å²) >= 11 is 0. The number of aliphatic hydroxyl groups excluding tert-OH is 1. The van der Waals surface area contributed by atoms with E-state index in [0.29, 0.717) is 22.8 Å². The molecule has 8 heteroatoms. The summed E-state index contributed by atoms with van der Waals surface area (Å²) in [5.74, 6) is 0.788. The molecular formula is C10H11N5O3. The number of anilines is 1. The number of rotatable bonds is 2. The Hall–Kier alpha value is -1.77. The maximum absolute atomic E-state index is 9.13. The van der Waals surface area contributed by atoms with Gasteiger partial charge in [0.25, 0.3) is 0 Å². The van der Waals surface area contributed by atoms with Gasteiger partial charge in [-0.05, 0) is 0 Å². The van der Waals surface area contributed by atoms with Crippen LogP contribution in [0.1, 0.15) is 11.9 Å². The first-order valence-corrected chi connectivity index (χ1v) is 5.66. The molecule has 0 spiro atoms. The average molecular weight is 249 g/mol. The smallest absolute Gasteiger partial charge is 0.183 e. The van der Waals surface area contributed by atoms with Gasteiger partial charge in [0, 0.05) is 0 Å². The van der Waals surface area contributed by atoms with Crippen LogP contribution in [0.3, 0.4) is 0 Å². The Labute approximate surface area is 101 Å². The molecule has 2 aliphatic rings. The van der Waals surface area contributed by atoms with Gasteiger partial charge in [0.1, 0.15) is 29.9 Å². The van der Waals surface area contributed by atoms with Crippen molar-refractivity contribution >= 4 is 17.0 Å². The first-order chi connectivity index (χ1) is 8.78. The van der Waals surface area contributed by atoms with E-state index in [-0.39, 0.29) is 31.0 Å². The van der Waals surface area contributed by atoms with Gasteiger partial charge in [-0.25, -0.2) is 15.0 Å². The highest BCUT2D eigenvalue weighted by atomic mass is 16.7. The number of H-pyrrole nitrogens is 1. The molecule has 2 fully saturated rings. The lowest BCUT2D eigenvalue weighted by Gasteiger charge is -2.14. The van der Waals surface area contributed by atoms with Crippen molar-refractivity contribution in [3.8, 4) is 0 Å². The SMILES string of the molecule is Nc1nc([C@@H]2O[C@H](CO)[C@@H]3O[C@@H]32)nc2nc[nH]c12. The Balaban J connectivity index is 1.75. The van der Waals surface area contributed by atoms with Crippen molar-refractivity contribution in [2.45, 2.75) is 24.4 Å². The van der Waals surface area contributed by atoms with E-state index in [4.69, 9.17) is 20.3 Å². The monoisotopic (exact) mass is 249 g/mol. The number of epoxide rings is 1. The van der Waals surface area contributed by atoms with E-state index in [1.807, 2.05) is 0 Å². The summed E-state index contributed by atoms with van der Waals surface area (Å²) < 4.78 is 11.1. The van der Waals surface area contributed by atoms with Crippen molar-refractivity contribution in [2.75, 3.05) is 12.3 Å². The molecule has 0 saturated carbocycles. The third kappa shape index (κ3) is 1.27. The van der Waals surface area contributed by atoms with Gasteiger partial charge in [-0.3, -0.25) is 0 Å². The zero-order valence-electron chi connectivity index (χ0n) is 9.28. The van der Waals surface area contributed by atoms with Gasteiger partial charge in [-0.15, -0.1) is 0 Å². The normalized spacial score (nSPS) is 33.8. The number of nitrogens with zero attached hydrogens (tertiary/aromatic N) is 3.